The van der Waals surface area contributed by atoms with E-state index in [1.54, 1.807) is 6.07 Å². The number of amides is 1. The molecular weight excluding hydrogens is 402 g/mol. The second kappa shape index (κ2) is 7.15. The third-order valence-electron chi connectivity index (χ3n) is 7.00. The van der Waals surface area contributed by atoms with Crippen LogP contribution < -0.4 is 16.1 Å². The number of hydrogen-bond donors (Lipinski definition) is 2. The lowest BCUT2D eigenvalue weighted by Crippen LogP contribution is -2.23. The van der Waals surface area contributed by atoms with E-state index in [1.807, 2.05) is 24.3 Å². The molecule has 2 fully saturated rings. The molecule has 7 nitrogen and oxygen atoms in total. The molecule has 0 unspecified atom stereocenters. The molecule has 3 N–H and O–H groups in total. The molecule has 0 spiro atoms. The molecule has 160 valence electrons. The normalized spacial score (nSPS) is 20.2. The molecule has 2 atom stereocenters. The van der Waals surface area contributed by atoms with Crippen LogP contribution in [-0.2, 0) is 0 Å². The Kier molecular flexibility index (Phi) is 4.24. The number of hydrogen-bond acceptors (Lipinski definition) is 5. The molecule has 1 saturated heterocycles. The minimum atomic E-state index is -0.717. The number of fused-ring (bicyclic) bond motifs is 3. The number of nitrogens with one attached hydrogen (secondary N) is 1. The van der Waals surface area contributed by atoms with Crippen molar-refractivity contribution >= 4 is 33.5 Å². The number of anilines is 1. The average molecular weight is 425 g/mol. The quantitative estimate of drug-likeness (QED) is 0.523. The number of aromatic amines is 1. The summed E-state index contributed by atoms with van der Waals surface area (Å²) in [4.78, 5) is 39.6. The van der Waals surface area contributed by atoms with Gasteiger partial charge in [0.2, 0.25) is 0 Å². The summed E-state index contributed by atoms with van der Waals surface area (Å²) in [5.41, 5.74) is 8.18. The predicted octanol–water partition coefficient (Wildman–Crippen LogP) is 3.47. The van der Waals surface area contributed by atoms with Crippen LogP contribution in [0, 0.1) is 11.8 Å². The predicted molar refractivity (Wildman–Crippen MR) is 125 cm³/mol. The number of carbonyl (C=O) groups is 1. The largest absolute Gasteiger partial charge is 0.364 e. The van der Waals surface area contributed by atoms with Crippen LogP contribution in [0.5, 0.6) is 0 Å². The average Bonchev–Trinajstić information content (AvgIpc) is 3.40. The Labute approximate surface area is 184 Å². The van der Waals surface area contributed by atoms with Crippen molar-refractivity contribution in [2.75, 3.05) is 18.0 Å². The molecule has 4 aromatic rings. The Bertz CT molecular complexity index is 1430. The zero-order chi connectivity index (χ0) is 21.8. The molecule has 1 aliphatic heterocycles. The second-order valence-corrected chi connectivity index (χ2v) is 8.90. The van der Waals surface area contributed by atoms with Gasteiger partial charge in [-0.1, -0.05) is 24.6 Å². The molecule has 0 radical (unpaired) electrons. The SMILES string of the molecule is NC(=O)c1nccc2[nH]c(-c3cc4ccccc4nc3N3C[C@H]4CCC[C@H]4C3)cc(=O)c12. The highest BCUT2D eigenvalue weighted by Crippen LogP contribution is 2.42. The molecule has 0 bridgehead atoms. The van der Waals surface area contributed by atoms with Gasteiger partial charge in [-0.25, -0.2) is 4.98 Å². The van der Waals surface area contributed by atoms with Gasteiger partial charge >= 0.3 is 0 Å². The number of carbonyl (C=O) groups excluding carboxylic acids is 1. The number of para-hydroxylation sites is 1. The van der Waals surface area contributed by atoms with Gasteiger partial charge in [-0.3, -0.25) is 14.6 Å². The Morgan fingerprint density at radius 3 is 2.66 bits per heavy atom. The topological polar surface area (TPSA) is 105 Å². The van der Waals surface area contributed by atoms with Gasteiger partial charge in [-0.05, 0) is 42.9 Å². The van der Waals surface area contributed by atoms with Gasteiger partial charge in [0.05, 0.1) is 22.1 Å². The van der Waals surface area contributed by atoms with E-state index in [2.05, 4.69) is 20.9 Å². The van der Waals surface area contributed by atoms with E-state index in [4.69, 9.17) is 10.7 Å². The number of nitrogens with zero attached hydrogens (tertiary/aromatic N) is 3. The fourth-order valence-electron chi connectivity index (χ4n) is 5.48. The third kappa shape index (κ3) is 2.96. The summed E-state index contributed by atoms with van der Waals surface area (Å²) in [7, 11) is 0. The Morgan fingerprint density at radius 2 is 1.88 bits per heavy atom. The minimum absolute atomic E-state index is 0.0143. The summed E-state index contributed by atoms with van der Waals surface area (Å²) in [5, 5.41) is 1.23. The second-order valence-electron chi connectivity index (χ2n) is 8.90. The first-order valence-electron chi connectivity index (χ1n) is 11.1. The van der Waals surface area contributed by atoms with Crippen molar-refractivity contribution in [3.05, 3.63) is 64.6 Å². The molecule has 1 aliphatic carbocycles. The van der Waals surface area contributed by atoms with E-state index in [0.29, 0.717) is 11.2 Å². The number of pyridine rings is 3. The summed E-state index contributed by atoms with van der Waals surface area (Å²) in [6.07, 6.45) is 5.36. The van der Waals surface area contributed by atoms with Crippen LogP contribution in [-0.4, -0.2) is 33.9 Å². The maximum atomic E-state index is 13.1. The zero-order valence-electron chi connectivity index (χ0n) is 17.5. The highest BCUT2D eigenvalue weighted by molar-refractivity contribution is 6.04. The molecule has 1 aromatic carbocycles. The minimum Gasteiger partial charge on any atom is -0.364 e. The summed E-state index contributed by atoms with van der Waals surface area (Å²) < 4.78 is 0. The Balaban J connectivity index is 1.56. The molecule has 7 heteroatoms. The number of H-pyrrole nitrogens is 1. The maximum Gasteiger partial charge on any atom is 0.268 e. The summed E-state index contributed by atoms with van der Waals surface area (Å²) in [6.45, 7) is 1.99. The van der Waals surface area contributed by atoms with Gasteiger partial charge < -0.3 is 15.6 Å². The van der Waals surface area contributed by atoms with Crippen molar-refractivity contribution in [3.63, 3.8) is 0 Å². The van der Waals surface area contributed by atoms with Crippen LogP contribution in [0.4, 0.5) is 5.82 Å². The molecule has 32 heavy (non-hydrogen) atoms. The van der Waals surface area contributed by atoms with E-state index in [9.17, 15) is 9.59 Å². The molecule has 6 rings (SSSR count). The molecule has 3 aromatic heterocycles. The highest BCUT2D eigenvalue weighted by Gasteiger charge is 2.37. The number of nitrogens with two attached hydrogens (primary N) is 1. The van der Waals surface area contributed by atoms with Crippen LogP contribution in [0.1, 0.15) is 29.8 Å². The first kappa shape index (κ1) is 19.0. The van der Waals surface area contributed by atoms with Crippen LogP contribution >= 0.6 is 0 Å². The van der Waals surface area contributed by atoms with Crippen LogP contribution in [0.25, 0.3) is 33.1 Å². The fourth-order valence-corrected chi connectivity index (χ4v) is 5.48. The third-order valence-corrected chi connectivity index (χ3v) is 7.00. The van der Waals surface area contributed by atoms with E-state index in [-0.39, 0.29) is 16.5 Å². The van der Waals surface area contributed by atoms with Crippen LogP contribution in [0.2, 0.25) is 0 Å². The summed E-state index contributed by atoms with van der Waals surface area (Å²) in [6, 6.07) is 13.4. The highest BCUT2D eigenvalue weighted by atomic mass is 16.1. The molecule has 4 heterocycles. The van der Waals surface area contributed by atoms with Crippen molar-refractivity contribution in [3.8, 4) is 11.3 Å². The fraction of sp³-hybridized carbons (Fsp3) is 0.280. The lowest BCUT2D eigenvalue weighted by Gasteiger charge is -2.22. The number of aromatic nitrogens is 3. The van der Waals surface area contributed by atoms with E-state index in [0.717, 1.165) is 47.2 Å². The number of rotatable bonds is 3. The van der Waals surface area contributed by atoms with Gasteiger partial charge in [0.15, 0.2) is 5.43 Å². The molecule has 1 amide bonds. The van der Waals surface area contributed by atoms with E-state index in [1.165, 1.54) is 31.5 Å². The lowest BCUT2D eigenvalue weighted by atomic mass is 10.0. The van der Waals surface area contributed by atoms with Crippen molar-refractivity contribution < 1.29 is 4.79 Å². The van der Waals surface area contributed by atoms with Crippen molar-refractivity contribution in [2.45, 2.75) is 19.3 Å². The van der Waals surface area contributed by atoms with Crippen molar-refractivity contribution in [1.82, 2.24) is 15.0 Å². The van der Waals surface area contributed by atoms with Crippen LogP contribution in [0.3, 0.4) is 0 Å². The zero-order valence-corrected chi connectivity index (χ0v) is 17.5. The van der Waals surface area contributed by atoms with Gasteiger partial charge in [-0.2, -0.15) is 0 Å². The van der Waals surface area contributed by atoms with E-state index >= 15 is 0 Å². The van der Waals surface area contributed by atoms with Crippen molar-refractivity contribution in [2.24, 2.45) is 17.6 Å². The van der Waals surface area contributed by atoms with Gasteiger partial charge in [0.1, 0.15) is 11.5 Å². The standard InChI is InChI=1S/C25H23N5O2/c26-24(32)23-22-19(8-9-27-23)28-20(11-21(22)31)17-10-14-4-1-2-7-18(14)29-25(17)30-12-15-5-3-6-16(15)13-30/h1-2,4,7-11,15-16H,3,5-6,12-13H2,(H2,26,32)(H,28,31)/t15-,16+. The smallest absolute Gasteiger partial charge is 0.268 e. The van der Waals surface area contributed by atoms with Gasteiger partial charge in [0, 0.05) is 36.3 Å². The Hall–Kier alpha value is -3.74. The summed E-state index contributed by atoms with van der Waals surface area (Å²) >= 11 is 0. The van der Waals surface area contributed by atoms with Crippen LogP contribution in [0.15, 0.2) is 53.5 Å². The van der Waals surface area contributed by atoms with Gasteiger partial charge in [-0.15, -0.1) is 0 Å². The lowest BCUT2D eigenvalue weighted by molar-refractivity contribution is 0.0997. The van der Waals surface area contributed by atoms with E-state index < -0.39 is 5.91 Å². The summed E-state index contributed by atoms with van der Waals surface area (Å²) in [5.74, 6) is 1.62. The first-order chi connectivity index (χ1) is 15.6. The number of benzene rings is 1. The monoisotopic (exact) mass is 425 g/mol. The van der Waals surface area contributed by atoms with Gasteiger partial charge in [0.25, 0.3) is 5.91 Å². The molecule has 2 aliphatic rings. The first-order valence-corrected chi connectivity index (χ1v) is 11.1. The Morgan fingerprint density at radius 1 is 1.09 bits per heavy atom. The van der Waals surface area contributed by atoms with Crippen molar-refractivity contribution in [1.29, 1.82) is 0 Å². The molecular formula is C25H23N5O2. The maximum absolute atomic E-state index is 13.1. The molecule has 1 saturated carbocycles. The number of primary amides is 1.